The largest absolute Gasteiger partial charge is 0.494 e. The standard InChI is InChI=1S/C16H21N3O6.ClH/c1-2-25-12-3-4-13(14(9-12)19(23)24)17-15(20)10-18-7-5-11(6-8-18)16(21)22;/h3-4,9,11H,2,5-8,10H2,1H3,(H,17,20)(H,21,22);1H. The molecule has 1 heterocycles. The zero-order valence-electron chi connectivity index (χ0n) is 14.3. The molecule has 9 nitrogen and oxygen atoms in total. The Hall–Kier alpha value is -2.39. The molecular formula is C16H22ClN3O6. The van der Waals surface area contributed by atoms with Crippen molar-refractivity contribution in [1.29, 1.82) is 0 Å². The Kier molecular flexibility index (Phi) is 8.27. The number of carboxylic acids is 1. The molecule has 0 unspecified atom stereocenters. The number of rotatable bonds is 7. The summed E-state index contributed by atoms with van der Waals surface area (Å²) in [6.07, 6.45) is 0.984. The van der Waals surface area contributed by atoms with Crippen LogP contribution in [0.3, 0.4) is 0 Å². The number of aliphatic carboxylic acids is 1. The van der Waals surface area contributed by atoms with Gasteiger partial charge in [0.15, 0.2) is 0 Å². The first-order valence-corrected chi connectivity index (χ1v) is 8.07. The van der Waals surface area contributed by atoms with Crippen molar-refractivity contribution in [3.05, 3.63) is 28.3 Å². The molecule has 0 atom stereocenters. The van der Waals surface area contributed by atoms with Gasteiger partial charge in [-0.05, 0) is 45.0 Å². The number of likely N-dealkylation sites (tertiary alicyclic amines) is 1. The molecule has 1 fully saturated rings. The minimum Gasteiger partial charge on any atom is -0.494 e. The molecule has 1 aliphatic heterocycles. The quantitative estimate of drug-likeness (QED) is 0.542. The molecule has 1 aliphatic rings. The van der Waals surface area contributed by atoms with Crippen LogP contribution in [0.15, 0.2) is 18.2 Å². The van der Waals surface area contributed by atoms with Crippen molar-refractivity contribution >= 4 is 35.7 Å². The predicted octanol–water partition coefficient (Wildman–Crippen LogP) is 2.15. The molecule has 144 valence electrons. The Labute approximate surface area is 156 Å². The van der Waals surface area contributed by atoms with E-state index >= 15 is 0 Å². The highest BCUT2D eigenvalue weighted by Crippen LogP contribution is 2.29. The zero-order chi connectivity index (χ0) is 18.4. The summed E-state index contributed by atoms with van der Waals surface area (Å²) in [6, 6.07) is 4.28. The highest BCUT2D eigenvalue weighted by Gasteiger charge is 2.26. The lowest BCUT2D eigenvalue weighted by molar-refractivity contribution is -0.384. The van der Waals surface area contributed by atoms with Crippen LogP contribution in [0.25, 0.3) is 0 Å². The van der Waals surface area contributed by atoms with Crippen LogP contribution in [-0.4, -0.2) is 53.0 Å². The number of halogens is 1. The fraction of sp³-hybridized carbons (Fsp3) is 0.500. The van der Waals surface area contributed by atoms with Crippen LogP contribution < -0.4 is 10.1 Å². The first kappa shape index (κ1) is 21.7. The maximum Gasteiger partial charge on any atom is 0.306 e. The smallest absolute Gasteiger partial charge is 0.306 e. The van der Waals surface area contributed by atoms with Crippen LogP contribution in [0.1, 0.15) is 19.8 Å². The maximum absolute atomic E-state index is 12.2. The summed E-state index contributed by atoms with van der Waals surface area (Å²) in [4.78, 5) is 35.5. The Morgan fingerprint density at radius 2 is 2.04 bits per heavy atom. The molecule has 2 N–H and O–H groups in total. The molecule has 0 spiro atoms. The summed E-state index contributed by atoms with van der Waals surface area (Å²) in [5, 5.41) is 22.7. The number of amides is 1. The molecule has 2 rings (SSSR count). The van der Waals surface area contributed by atoms with Gasteiger partial charge in [0.05, 0.1) is 30.1 Å². The summed E-state index contributed by atoms with van der Waals surface area (Å²) in [6.45, 7) is 3.24. The zero-order valence-corrected chi connectivity index (χ0v) is 15.2. The van der Waals surface area contributed by atoms with Crippen LogP contribution in [-0.2, 0) is 9.59 Å². The second-order valence-electron chi connectivity index (χ2n) is 5.81. The van der Waals surface area contributed by atoms with Gasteiger partial charge < -0.3 is 15.2 Å². The molecule has 10 heteroatoms. The van der Waals surface area contributed by atoms with E-state index in [1.54, 1.807) is 13.0 Å². The number of hydrogen-bond acceptors (Lipinski definition) is 6. The van der Waals surface area contributed by atoms with Crippen LogP contribution in [0, 0.1) is 16.0 Å². The third-order valence-corrected chi connectivity index (χ3v) is 4.06. The average molecular weight is 388 g/mol. The van der Waals surface area contributed by atoms with Crippen LogP contribution in [0.5, 0.6) is 5.75 Å². The van der Waals surface area contributed by atoms with Gasteiger partial charge in [0.25, 0.3) is 5.69 Å². The Balaban J connectivity index is 0.00000338. The highest BCUT2D eigenvalue weighted by atomic mass is 35.5. The number of nitrogens with zero attached hydrogens (tertiary/aromatic N) is 2. The van der Waals surface area contributed by atoms with E-state index < -0.39 is 10.9 Å². The number of benzene rings is 1. The molecule has 1 amide bonds. The monoisotopic (exact) mass is 387 g/mol. The molecule has 1 saturated heterocycles. The van der Waals surface area contributed by atoms with Gasteiger partial charge >= 0.3 is 5.97 Å². The molecular weight excluding hydrogens is 366 g/mol. The van der Waals surface area contributed by atoms with E-state index in [0.29, 0.717) is 38.3 Å². The SMILES string of the molecule is CCOc1ccc(NC(=O)CN2CCC(C(=O)O)CC2)c([N+](=O)[O-])c1.Cl. The predicted molar refractivity (Wildman–Crippen MR) is 96.9 cm³/mol. The van der Waals surface area contributed by atoms with E-state index in [2.05, 4.69) is 5.32 Å². The van der Waals surface area contributed by atoms with E-state index in [-0.39, 0.29) is 42.2 Å². The lowest BCUT2D eigenvalue weighted by Gasteiger charge is -2.29. The topological polar surface area (TPSA) is 122 Å². The molecule has 0 aromatic heterocycles. The van der Waals surface area contributed by atoms with Crippen molar-refractivity contribution in [3.8, 4) is 5.75 Å². The van der Waals surface area contributed by atoms with Gasteiger partial charge in [-0.1, -0.05) is 0 Å². The van der Waals surface area contributed by atoms with Gasteiger partial charge in [-0.2, -0.15) is 0 Å². The molecule has 0 aliphatic carbocycles. The minimum absolute atomic E-state index is 0. The number of nitro benzene ring substituents is 1. The van der Waals surface area contributed by atoms with Gasteiger partial charge in [-0.15, -0.1) is 12.4 Å². The molecule has 1 aromatic carbocycles. The molecule has 0 saturated carbocycles. The number of hydrogen-bond donors (Lipinski definition) is 2. The summed E-state index contributed by atoms with van der Waals surface area (Å²) in [5.74, 6) is -1.19. The number of piperidine rings is 1. The average Bonchev–Trinajstić information content (AvgIpc) is 2.56. The first-order valence-electron chi connectivity index (χ1n) is 8.07. The summed E-state index contributed by atoms with van der Waals surface area (Å²) in [7, 11) is 0. The van der Waals surface area contributed by atoms with Gasteiger partial charge in [-0.3, -0.25) is 24.6 Å². The lowest BCUT2D eigenvalue weighted by Crippen LogP contribution is -2.40. The number of nitrogens with one attached hydrogen (secondary N) is 1. The third kappa shape index (κ3) is 5.85. The number of carbonyl (C=O) groups excluding carboxylic acids is 1. The lowest BCUT2D eigenvalue weighted by atomic mass is 9.97. The fourth-order valence-electron chi connectivity index (χ4n) is 2.76. The maximum atomic E-state index is 12.2. The van der Waals surface area contributed by atoms with Gasteiger partial charge in [0.2, 0.25) is 5.91 Å². The fourth-order valence-corrected chi connectivity index (χ4v) is 2.76. The van der Waals surface area contributed by atoms with E-state index in [1.165, 1.54) is 12.1 Å². The van der Waals surface area contributed by atoms with E-state index in [4.69, 9.17) is 9.84 Å². The number of anilines is 1. The number of ether oxygens (including phenoxy) is 1. The molecule has 1 aromatic rings. The van der Waals surface area contributed by atoms with Crippen molar-refractivity contribution in [1.82, 2.24) is 4.90 Å². The summed E-state index contributed by atoms with van der Waals surface area (Å²) < 4.78 is 5.23. The van der Waals surface area contributed by atoms with Crippen molar-refractivity contribution in [3.63, 3.8) is 0 Å². The van der Waals surface area contributed by atoms with Crippen molar-refractivity contribution < 1.29 is 24.4 Å². The summed E-state index contributed by atoms with van der Waals surface area (Å²) in [5.41, 5.74) is -0.122. The normalized spacial score (nSPS) is 15.0. The molecule has 0 bridgehead atoms. The molecule has 26 heavy (non-hydrogen) atoms. The number of carbonyl (C=O) groups is 2. The third-order valence-electron chi connectivity index (χ3n) is 4.06. The van der Waals surface area contributed by atoms with Gasteiger partial charge in [-0.25, -0.2) is 0 Å². The van der Waals surface area contributed by atoms with Crippen molar-refractivity contribution in [2.24, 2.45) is 5.92 Å². The van der Waals surface area contributed by atoms with Crippen LogP contribution in [0.2, 0.25) is 0 Å². The Morgan fingerprint density at radius 1 is 1.38 bits per heavy atom. The van der Waals surface area contributed by atoms with E-state index in [0.717, 1.165) is 0 Å². The number of nitro groups is 1. The van der Waals surface area contributed by atoms with Crippen LogP contribution in [0.4, 0.5) is 11.4 Å². The minimum atomic E-state index is -0.811. The van der Waals surface area contributed by atoms with E-state index in [1.807, 2.05) is 4.90 Å². The Morgan fingerprint density at radius 3 is 2.58 bits per heavy atom. The second-order valence-corrected chi connectivity index (χ2v) is 5.81. The van der Waals surface area contributed by atoms with Crippen molar-refractivity contribution in [2.75, 3.05) is 31.6 Å². The first-order chi connectivity index (χ1) is 11.9. The summed E-state index contributed by atoms with van der Waals surface area (Å²) >= 11 is 0. The Bertz CT molecular complexity index is 661. The van der Waals surface area contributed by atoms with Gasteiger partial charge in [0.1, 0.15) is 11.4 Å². The molecule has 0 radical (unpaired) electrons. The number of carboxylic acid groups (broad SMARTS) is 1. The van der Waals surface area contributed by atoms with Gasteiger partial charge in [0, 0.05) is 0 Å². The highest BCUT2D eigenvalue weighted by molar-refractivity contribution is 5.94. The van der Waals surface area contributed by atoms with E-state index in [9.17, 15) is 19.7 Å². The van der Waals surface area contributed by atoms with Crippen LogP contribution >= 0.6 is 12.4 Å². The van der Waals surface area contributed by atoms with Crippen molar-refractivity contribution in [2.45, 2.75) is 19.8 Å². The second kappa shape index (κ2) is 9.93.